The second kappa shape index (κ2) is 5.40. The number of anilines is 3. The Bertz CT molecular complexity index is 685. The van der Waals surface area contributed by atoms with Gasteiger partial charge in [0.25, 0.3) is 0 Å². The molecule has 2 aromatic carbocycles. The summed E-state index contributed by atoms with van der Waals surface area (Å²) in [4.78, 5) is 0. The van der Waals surface area contributed by atoms with Gasteiger partial charge >= 0.3 is 6.18 Å². The highest BCUT2D eigenvalue weighted by atomic mass is 35.5. The highest BCUT2D eigenvalue weighted by molar-refractivity contribution is 6.31. The van der Waals surface area contributed by atoms with Crippen LogP contribution in [0, 0.1) is 11.6 Å². The predicted octanol–water partition coefficient (Wildman–Crippen LogP) is 4.96. The molecule has 0 bridgehead atoms. The number of halogens is 6. The van der Waals surface area contributed by atoms with Crippen LogP contribution in [0.25, 0.3) is 0 Å². The first-order valence-electron chi connectivity index (χ1n) is 5.57. The Labute approximate surface area is 121 Å². The van der Waals surface area contributed by atoms with E-state index in [9.17, 15) is 22.0 Å². The quantitative estimate of drug-likeness (QED) is 0.605. The lowest BCUT2D eigenvalue weighted by Crippen LogP contribution is -2.07. The molecule has 0 heterocycles. The van der Waals surface area contributed by atoms with Crippen molar-refractivity contribution in [3.63, 3.8) is 0 Å². The Hall–Kier alpha value is -2.02. The molecule has 0 fully saturated rings. The number of benzene rings is 2. The van der Waals surface area contributed by atoms with E-state index < -0.39 is 29.1 Å². The lowest BCUT2D eigenvalue weighted by molar-refractivity contribution is -0.137. The summed E-state index contributed by atoms with van der Waals surface area (Å²) >= 11 is 5.55. The summed E-state index contributed by atoms with van der Waals surface area (Å²) in [5, 5.41) is 2.08. The molecule has 0 saturated carbocycles. The Balaban J connectivity index is 2.42. The fourth-order valence-corrected chi connectivity index (χ4v) is 1.78. The zero-order chi connectivity index (χ0) is 15.8. The van der Waals surface area contributed by atoms with Crippen LogP contribution >= 0.6 is 11.6 Å². The van der Waals surface area contributed by atoms with E-state index >= 15 is 0 Å². The van der Waals surface area contributed by atoms with E-state index in [-0.39, 0.29) is 16.4 Å². The third kappa shape index (κ3) is 3.36. The molecule has 21 heavy (non-hydrogen) atoms. The van der Waals surface area contributed by atoms with E-state index in [0.717, 1.165) is 12.1 Å². The molecule has 8 heteroatoms. The van der Waals surface area contributed by atoms with Crippen molar-refractivity contribution in [2.75, 3.05) is 11.1 Å². The van der Waals surface area contributed by atoms with Crippen LogP contribution in [0.5, 0.6) is 0 Å². The predicted molar refractivity (Wildman–Crippen MR) is 70.5 cm³/mol. The van der Waals surface area contributed by atoms with Gasteiger partial charge in [0.05, 0.1) is 27.6 Å². The van der Waals surface area contributed by atoms with E-state index in [4.69, 9.17) is 17.3 Å². The molecule has 0 aliphatic carbocycles. The van der Waals surface area contributed by atoms with Crippen molar-refractivity contribution >= 4 is 28.7 Å². The first-order chi connectivity index (χ1) is 9.68. The topological polar surface area (TPSA) is 38.0 Å². The summed E-state index contributed by atoms with van der Waals surface area (Å²) < 4.78 is 64.5. The van der Waals surface area contributed by atoms with E-state index in [0.29, 0.717) is 18.2 Å². The summed E-state index contributed by atoms with van der Waals surface area (Å²) in [7, 11) is 0. The van der Waals surface area contributed by atoms with E-state index in [1.807, 2.05) is 0 Å². The van der Waals surface area contributed by atoms with Crippen molar-refractivity contribution in [2.24, 2.45) is 0 Å². The van der Waals surface area contributed by atoms with Crippen LogP contribution < -0.4 is 11.1 Å². The molecule has 2 rings (SSSR count). The van der Waals surface area contributed by atoms with Crippen LogP contribution in [0.4, 0.5) is 39.0 Å². The molecule has 2 aromatic rings. The van der Waals surface area contributed by atoms with Gasteiger partial charge in [-0.25, -0.2) is 8.78 Å². The molecule has 0 saturated heterocycles. The van der Waals surface area contributed by atoms with Gasteiger partial charge < -0.3 is 11.1 Å². The first kappa shape index (κ1) is 15.4. The van der Waals surface area contributed by atoms with E-state index in [1.165, 1.54) is 0 Å². The zero-order valence-corrected chi connectivity index (χ0v) is 11.0. The Morgan fingerprint density at radius 3 is 2.24 bits per heavy atom. The minimum Gasteiger partial charge on any atom is -0.397 e. The van der Waals surface area contributed by atoms with Crippen LogP contribution in [0.3, 0.4) is 0 Å². The maximum atomic E-state index is 13.6. The number of hydrogen-bond donors (Lipinski definition) is 2. The van der Waals surface area contributed by atoms with Gasteiger partial charge in [0.1, 0.15) is 11.6 Å². The van der Waals surface area contributed by atoms with Crippen LogP contribution in [0.15, 0.2) is 30.3 Å². The van der Waals surface area contributed by atoms with Crippen molar-refractivity contribution < 1.29 is 22.0 Å². The van der Waals surface area contributed by atoms with Gasteiger partial charge in [-0.1, -0.05) is 11.6 Å². The van der Waals surface area contributed by atoms with Gasteiger partial charge in [-0.05, 0) is 24.3 Å². The van der Waals surface area contributed by atoms with Gasteiger partial charge in [0.15, 0.2) is 0 Å². The highest BCUT2D eigenvalue weighted by Gasteiger charge is 2.31. The van der Waals surface area contributed by atoms with Crippen molar-refractivity contribution in [3.8, 4) is 0 Å². The maximum Gasteiger partial charge on any atom is 0.416 e. The highest BCUT2D eigenvalue weighted by Crippen LogP contribution is 2.34. The average Bonchev–Trinajstić information content (AvgIpc) is 2.37. The lowest BCUT2D eigenvalue weighted by Gasteiger charge is -2.13. The molecule has 0 aliphatic heterocycles. The van der Waals surface area contributed by atoms with Crippen LogP contribution in [-0.2, 0) is 6.18 Å². The smallest absolute Gasteiger partial charge is 0.397 e. The number of rotatable bonds is 2. The monoisotopic (exact) mass is 322 g/mol. The number of nitrogen functional groups attached to an aromatic ring is 1. The van der Waals surface area contributed by atoms with Crippen LogP contribution in [0.2, 0.25) is 5.02 Å². The third-order valence-corrected chi connectivity index (χ3v) is 2.95. The molecule has 112 valence electrons. The largest absolute Gasteiger partial charge is 0.416 e. The molecule has 0 amide bonds. The summed E-state index contributed by atoms with van der Waals surface area (Å²) in [6.45, 7) is 0. The van der Waals surface area contributed by atoms with Crippen LogP contribution in [-0.4, -0.2) is 0 Å². The van der Waals surface area contributed by atoms with Crippen molar-refractivity contribution in [2.45, 2.75) is 6.18 Å². The fraction of sp³-hybridized carbons (Fsp3) is 0.0769. The summed E-state index contributed by atoms with van der Waals surface area (Å²) in [6, 6.07) is 3.82. The van der Waals surface area contributed by atoms with Gasteiger partial charge in [0.2, 0.25) is 0 Å². The Kier molecular flexibility index (Phi) is 3.95. The van der Waals surface area contributed by atoms with E-state index in [2.05, 4.69) is 5.32 Å². The molecule has 0 unspecified atom stereocenters. The standard InChI is InChI=1S/C13H8ClF5N2/c14-7-4-12(10(20)5-9(7)16)21-11-3-6(13(17,18)19)1-2-8(11)15/h1-5,21H,20H2. The molecular weight excluding hydrogens is 315 g/mol. The number of nitrogens with two attached hydrogens (primary N) is 1. The molecule has 0 radical (unpaired) electrons. The van der Waals surface area contributed by atoms with Gasteiger partial charge in [-0.3, -0.25) is 0 Å². The molecule has 2 nitrogen and oxygen atoms in total. The second-order valence-electron chi connectivity index (χ2n) is 4.17. The molecular formula is C13H8ClF5N2. The lowest BCUT2D eigenvalue weighted by atomic mass is 10.1. The summed E-state index contributed by atoms with van der Waals surface area (Å²) in [6.07, 6.45) is -4.61. The van der Waals surface area contributed by atoms with Gasteiger partial charge in [0, 0.05) is 6.07 Å². The summed E-state index contributed by atoms with van der Waals surface area (Å²) in [5.74, 6) is -1.70. The maximum absolute atomic E-state index is 13.6. The van der Waals surface area contributed by atoms with Crippen molar-refractivity contribution in [1.82, 2.24) is 0 Å². The zero-order valence-electron chi connectivity index (χ0n) is 10.2. The SMILES string of the molecule is Nc1cc(F)c(Cl)cc1Nc1cc(C(F)(F)F)ccc1F. The number of alkyl halides is 3. The normalized spacial score (nSPS) is 11.5. The molecule has 0 spiro atoms. The van der Waals surface area contributed by atoms with Crippen LogP contribution in [0.1, 0.15) is 5.56 Å². The van der Waals surface area contributed by atoms with Gasteiger partial charge in [-0.15, -0.1) is 0 Å². The number of nitrogens with one attached hydrogen (secondary N) is 1. The molecule has 0 aliphatic rings. The molecule has 0 atom stereocenters. The summed E-state index contributed by atoms with van der Waals surface area (Å²) in [5.41, 5.74) is 3.91. The van der Waals surface area contributed by atoms with Gasteiger partial charge in [-0.2, -0.15) is 13.2 Å². The van der Waals surface area contributed by atoms with E-state index in [1.54, 1.807) is 0 Å². The molecule has 0 aromatic heterocycles. The third-order valence-electron chi connectivity index (χ3n) is 2.66. The Morgan fingerprint density at radius 1 is 0.952 bits per heavy atom. The Morgan fingerprint density at radius 2 is 1.62 bits per heavy atom. The fourth-order valence-electron chi connectivity index (χ4n) is 1.61. The van der Waals surface area contributed by atoms with Crippen molar-refractivity contribution in [3.05, 3.63) is 52.6 Å². The first-order valence-corrected chi connectivity index (χ1v) is 5.94. The second-order valence-corrected chi connectivity index (χ2v) is 4.58. The minimum atomic E-state index is -4.61. The van der Waals surface area contributed by atoms with Crippen molar-refractivity contribution in [1.29, 1.82) is 0 Å². The minimum absolute atomic E-state index is 0.000348. The number of hydrogen-bond acceptors (Lipinski definition) is 2. The molecule has 3 N–H and O–H groups in total. The average molecular weight is 323 g/mol.